The molecule has 0 aromatic heterocycles. The van der Waals surface area contributed by atoms with Crippen LogP contribution in [0.1, 0.15) is 0 Å². The molecule has 0 bridgehead atoms. The summed E-state index contributed by atoms with van der Waals surface area (Å²) < 4.78 is 0. The molecule has 12 aromatic rings. The molecular weight excluding hydrogens is 673 g/mol. The number of rotatable bonds is 3. The van der Waals surface area contributed by atoms with Gasteiger partial charge in [0.25, 0.3) is 0 Å². The van der Waals surface area contributed by atoms with E-state index in [-0.39, 0.29) is 0 Å². The van der Waals surface area contributed by atoms with Gasteiger partial charge in [-0.3, -0.25) is 0 Å². The summed E-state index contributed by atoms with van der Waals surface area (Å²) in [5.74, 6) is 0. The van der Waals surface area contributed by atoms with E-state index in [9.17, 15) is 0 Å². The number of benzene rings is 12. The third-order valence-electron chi connectivity index (χ3n) is 12.2. The van der Waals surface area contributed by atoms with E-state index in [4.69, 9.17) is 0 Å². The van der Waals surface area contributed by atoms with E-state index in [1.54, 1.807) is 0 Å². The zero-order valence-electron chi connectivity index (χ0n) is 30.6. The van der Waals surface area contributed by atoms with Gasteiger partial charge < -0.3 is 0 Å². The van der Waals surface area contributed by atoms with E-state index in [2.05, 4.69) is 206 Å². The molecule has 0 heterocycles. The van der Waals surface area contributed by atoms with Crippen LogP contribution in [0.5, 0.6) is 0 Å². The summed E-state index contributed by atoms with van der Waals surface area (Å²) in [7, 11) is 0. The first-order valence-corrected chi connectivity index (χ1v) is 19.5. The molecule has 0 aliphatic heterocycles. The number of hydrogen-bond donors (Lipinski definition) is 0. The van der Waals surface area contributed by atoms with Crippen LogP contribution in [-0.4, -0.2) is 0 Å². The molecule has 0 nitrogen and oxygen atoms in total. The van der Waals surface area contributed by atoms with Crippen LogP contribution in [0.4, 0.5) is 0 Å². The monoisotopic (exact) mass is 706 g/mol. The van der Waals surface area contributed by atoms with Crippen molar-refractivity contribution in [2.24, 2.45) is 0 Å². The van der Waals surface area contributed by atoms with Crippen molar-refractivity contribution in [1.82, 2.24) is 0 Å². The van der Waals surface area contributed by atoms with Gasteiger partial charge in [-0.25, -0.2) is 0 Å². The first kappa shape index (κ1) is 31.1. The quantitative estimate of drug-likeness (QED) is 0.160. The standard InChI is InChI=1S/C56H34/c1-2-10-45-35(8-1)9-7-15-46(45)44-24-28-50-43(33-44)19-18-41-31-37(21-26-49(41)50)36-20-25-47-40(30-36)16-17-42-32-38(22-27-48(42)47)39-23-29-55-53-13-4-3-11-51(53)52-12-5-6-14-54(52)56(55)34-39/h1-34H. The molecular formula is C56H34. The largest absolute Gasteiger partial charge is 0.0616 e. The highest BCUT2D eigenvalue weighted by atomic mass is 14.2. The molecule has 0 fully saturated rings. The molecule has 0 aliphatic rings. The van der Waals surface area contributed by atoms with E-state index < -0.39 is 0 Å². The fraction of sp³-hybridized carbons (Fsp3) is 0. The average molecular weight is 707 g/mol. The zero-order chi connectivity index (χ0) is 36.7. The van der Waals surface area contributed by atoms with Crippen molar-refractivity contribution < 1.29 is 0 Å². The topological polar surface area (TPSA) is 0 Å². The van der Waals surface area contributed by atoms with Crippen molar-refractivity contribution in [1.29, 1.82) is 0 Å². The molecule has 0 N–H and O–H groups in total. The van der Waals surface area contributed by atoms with Crippen LogP contribution in [0.25, 0.3) is 120 Å². The Bertz CT molecular complexity index is 3550. The lowest BCUT2D eigenvalue weighted by Crippen LogP contribution is -1.86. The molecule has 0 saturated heterocycles. The van der Waals surface area contributed by atoms with Gasteiger partial charge in [-0.15, -0.1) is 0 Å². The molecule has 0 amide bonds. The normalized spacial score (nSPS) is 11.9. The van der Waals surface area contributed by atoms with Gasteiger partial charge in [0, 0.05) is 0 Å². The predicted molar refractivity (Wildman–Crippen MR) is 243 cm³/mol. The zero-order valence-corrected chi connectivity index (χ0v) is 30.6. The van der Waals surface area contributed by atoms with Gasteiger partial charge in [0.1, 0.15) is 0 Å². The SMILES string of the molecule is c1ccc2c(-c3ccc4c(ccc5cc(-c6ccc7c(ccc8cc(-c9ccc%10c%11ccccc%11c%11ccccc%11c%10c9)ccc87)c6)ccc54)c3)cccc2c1. The third kappa shape index (κ3) is 4.79. The fourth-order valence-electron chi connectivity index (χ4n) is 9.41. The second-order valence-electron chi connectivity index (χ2n) is 15.3. The molecule has 0 radical (unpaired) electrons. The van der Waals surface area contributed by atoms with Crippen molar-refractivity contribution in [2.45, 2.75) is 0 Å². The van der Waals surface area contributed by atoms with E-state index in [1.165, 1.54) is 120 Å². The van der Waals surface area contributed by atoms with E-state index in [1.807, 2.05) is 0 Å². The Morgan fingerprint density at radius 3 is 1.00 bits per heavy atom. The molecule has 12 rings (SSSR count). The maximum Gasteiger partial charge on any atom is -0.00928 e. The summed E-state index contributed by atoms with van der Waals surface area (Å²) in [5, 5.41) is 20.6. The first-order valence-electron chi connectivity index (χ1n) is 19.5. The van der Waals surface area contributed by atoms with Gasteiger partial charge >= 0.3 is 0 Å². The summed E-state index contributed by atoms with van der Waals surface area (Å²) in [6.45, 7) is 0. The molecule has 0 heteroatoms. The lowest BCUT2D eigenvalue weighted by Gasteiger charge is -2.13. The fourth-order valence-corrected chi connectivity index (χ4v) is 9.41. The lowest BCUT2D eigenvalue weighted by molar-refractivity contribution is 1.67. The van der Waals surface area contributed by atoms with E-state index >= 15 is 0 Å². The molecule has 0 spiro atoms. The van der Waals surface area contributed by atoms with Gasteiger partial charge in [-0.2, -0.15) is 0 Å². The van der Waals surface area contributed by atoms with Crippen LogP contribution in [0, 0.1) is 0 Å². The Hall–Kier alpha value is -7.28. The highest BCUT2D eigenvalue weighted by Crippen LogP contribution is 2.39. The van der Waals surface area contributed by atoms with Crippen LogP contribution in [0.3, 0.4) is 0 Å². The van der Waals surface area contributed by atoms with Crippen LogP contribution < -0.4 is 0 Å². The van der Waals surface area contributed by atoms with Crippen molar-refractivity contribution in [3.8, 4) is 33.4 Å². The highest BCUT2D eigenvalue weighted by molar-refractivity contribution is 6.26. The third-order valence-corrected chi connectivity index (χ3v) is 12.2. The summed E-state index contributed by atoms with van der Waals surface area (Å²) in [5.41, 5.74) is 7.47. The molecule has 0 atom stereocenters. The van der Waals surface area contributed by atoms with Crippen LogP contribution in [0.15, 0.2) is 206 Å². The molecule has 0 aliphatic carbocycles. The second-order valence-corrected chi connectivity index (χ2v) is 15.3. The maximum absolute atomic E-state index is 2.38. The molecule has 12 aromatic carbocycles. The van der Waals surface area contributed by atoms with Gasteiger partial charge in [-0.05, 0) is 150 Å². The Morgan fingerprint density at radius 1 is 0.161 bits per heavy atom. The van der Waals surface area contributed by atoms with Crippen LogP contribution in [-0.2, 0) is 0 Å². The summed E-state index contributed by atoms with van der Waals surface area (Å²) in [6.07, 6.45) is 0. The molecule has 56 heavy (non-hydrogen) atoms. The molecule has 0 unspecified atom stereocenters. The minimum atomic E-state index is 1.23. The van der Waals surface area contributed by atoms with Gasteiger partial charge in [0.15, 0.2) is 0 Å². The summed E-state index contributed by atoms with van der Waals surface area (Å²) in [4.78, 5) is 0. The maximum atomic E-state index is 2.38. The van der Waals surface area contributed by atoms with Gasteiger partial charge in [-0.1, -0.05) is 176 Å². The van der Waals surface area contributed by atoms with Crippen molar-refractivity contribution in [2.75, 3.05) is 0 Å². The minimum absolute atomic E-state index is 1.23. The number of fused-ring (bicyclic) bond motifs is 13. The van der Waals surface area contributed by atoms with Gasteiger partial charge in [0.05, 0.1) is 0 Å². The predicted octanol–water partition coefficient (Wildman–Crippen LogP) is 15.9. The van der Waals surface area contributed by atoms with Crippen molar-refractivity contribution >= 4 is 86.2 Å². The molecule has 0 saturated carbocycles. The second kappa shape index (κ2) is 12.1. The summed E-state index contributed by atoms with van der Waals surface area (Å²) >= 11 is 0. The molecule has 258 valence electrons. The Kier molecular flexibility index (Phi) is 6.73. The smallest absolute Gasteiger partial charge is 0.00928 e. The Morgan fingerprint density at radius 2 is 0.500 bits per heavy atom. The lowest BCUT2D eigenvalue weighted by atomic mass is 9.91. The van der Waals surface area contributed by atoms with Crippen molar-refractivity contribution in [3.63, 3.8) is 0 Å². The van der Waals surface area contributed by atoms with Crippen LogP contribution in [0.2, 0.25) is 0 Å². The van der Waals surface area contributed by atoms with Crippen LogP contribution >= 0.6 is 0 Å². The highest BCUT2D eigenvalue weighted by Gasteiger charge is 2.12. The average Bonchev–Trinajstić information content (AvgIpc) is 3.28. The minimum Gasteiger partial charge on any atom is -0.0616 e. The first-order chi connectivity index (χ1) is 27.7. The van der Waals surface area contributed by atoms with Crippen molar-refractivity contribution in [3.05, 3.63) is 206 Å². The Labute approximate surface area is 324 Å². The summed E-state index contributed by atoms with van der Waals surface area (Å²) in [6, 6.07) is 76.6. The van der Waals surface area contributed by atoms with E-state index in [0.29, 0.717) is 0 Å². The van der Waals surface area contributed by atoms with E-state index in [0.717, 1.165) is 0 Å². The Balaban J connectivity index is 0.893. The number of hydrogen-bond acceptors (Lipinski definition) is 0. The van der Waals surface area contributed by atoms with Gasteiger partial charge in [0.2, 0.25) is 0 Å².